The third-order valence-electron chi connectivity index (χ3n) is 3.30. The van der Waals surface area contributed by atoms with E-state index in [9.17, 15) is 4.79 Å². The fraction of sp³-hybridized carbons (Fsp3) is 0.0625. The monoisotopic (exact) mass is 284 g/mol. The molecule has 0 amide bonds. The lowest BCUT2D eigenvalue weighted by molar-refractivity contribution is 0.768. The Morgan fingerprint density at radius 1 is 1.10 bits per heavy atom. The van der Waals surface area contributed by atoms with Crippen molar-refractivity contribution in [2.45, 2.75) is 6.54 Å². The van der Waals surface area contributed by atoms with Crippen LogP contribution in [0.25, 0.3) is 10.8 Å². The van der Waals surface area contributed by atoms with Gasteiger partial charge < -0.3 is 10.3 Å². The molecular weight excluding hydrogens is 272 g/mol. The first-order valence-corrected chi connectivity index (χ1v) is 6.65. The smallest absolute Gasteiger partial charge is 0.258 e. The number of benzene rings is 2. The van der Waals surface area contributed by atoms with Crippen LogP contribution in [0.15, 0.2) is 59.5 Å². The Morgan fingerprint density at radius 2 is 1.90 bits per heavy atom. The quantitative estimate of drug-likeness (QED) is 0.734. The van der Waals surface area contributed by atoms with Gasteiger partial charge in [0.1, 0.15) is 0 Å². The molecule has 0 unspecified atom stereocenters. The summed E-state index contributed by atoms with van der Waals surface area (Å²) in [5.74, 6) is 0. The third kappa shape index (κ3) is 2.28. The van der Waals surface area contributed by atoms with Crippen molar-refractivity contribution in [1.29, 1.82) is 0 Å². The molecule has 0 aliphatic heterocycles. The SMILES string of the molecule is Nc1cc(Cn2ccc3ccccc3c2=O)ccc1Cl. The van der Waals surface area contributed by atoms with Gasteiger partial charge in [-0.2, -0.15) is 0 Å². The van der Waals surface area contributed by atoms with E-state index >= 15 is 0 Å². The largest absolute Gasteiger partial charge is 0.398 e. The van der Waals surface area contributed by atoms with E-state index in [2.05, 4.69) is 0 Å². The Hall–Kier alpha value is -2.26. The molecule has 2 aromatic carbocycles. The van der Waals surface area contributed by atoms with Gasteiger partial charge in [0.25, 0.3) is 5.56 Å². The third-order valence-corrected chi connectivity index (χ3v) is 3.64. The van der Waals surface area contributed by atoms with Gasteiger partial charge in [-0.3, -0.25) is 4.79 Å². The van der Waals surface area contributed by atoms with Crippen LogP contribution in [0.5, 0.6) is 0 Å². The molecule has 4 heteroatoms. The Labute approximate surface area is 121 Å². The van der Waals surface area contributed by atoms with Crippen LogP contribution < -0.4 is 11.3 Å². The van der Waals surface area contributed by atoms with Crippen molar-refractivity contribution < 1.29 is 0 Å². The zero-order chi connectivity index (χ0) is 14.1. The van der Waals surface area contributed by atoms with Crippen molar-refractivity contribution in [2.24, 2.45) is 0 Å². The summed E-state index contributed by atoms with van der Waals surface area (Å²) < 4.78 is 1.67. The highest BCUT2D eigenvalue weighted by atomic mass is 35.5. The molecule has 1 aromatic heterocycles. The van der Waals surface area contributed by atoms with Crippen LogP contribution >= 0.6 is 11.6 Å². The van der Waals surface area contributed by atoms with Crippen molar-refractivity contribution in [3.63, 3.8) is 0 Å². The summed E-state index contributed by atoms with van der Waals surface area (Å²) in [7, 11) is 0. The maximum atomic E-state index is 12.4. The van der Waals surface area contributed by atoms with Crippen molar-refractivity contribution in [1.82, 2.24) is 4.57 Å². The lowest BCUT2D eigenvalue weighted by atomic mass is 10.1. The molecule has 20 heavy (non-hydrogen) atoms. The molecule has 2 N–H and O–H groups in total. The van der Waals surface area contributed by atoms with Crippen molar-refractivity contribution >= 4 is 28.1 Å². The molecule has 0 aliphatic rings. The predicted octanol–water partition coefficient (Wildman–Crippen LogP) is 3.29. The van der Waals surface area contributed by atoms with Crippen molar-refractivity contribution in [3.8, 4) is 0 Å². The Kier molecular flexibility index (Phi) is 3.20. The Bertz CT molecular complexity index is 839. The number of nitrogen functional groups attached to an aromatic ring is 1. The molecule has 0 aliphatic carbocycles. The first-order valence-electron chi connectivity index (χ1n) is 6.27. The predicted molar refractivity (Wildman–Crippen MR) is 83.2 cm³/mol. The number of hydrogen-bond acceptors (Lipinski definition) is 2. The zero-order valence-corrected chi connectivity index (χ0v) is 11.5. The highest BCUT2D eigenvalue weighted by Crippen LogP contribution is 2.20. The van der Waals surface area contributed by atoms with E-state index in [1.54, 1.807) is 22.9 Å². The Morgan fingerprint density at radius 3 is 2.70 bits per heavy atom. The summed E-state index contributed by atoms with van der Waals surface area (Å²) in [6.07, 6.45) is 1.80. The van der Waals surface area contributed by atoms with Gasteiger partial charge in [-0.25, -0.2) is 0 Å². The zero-order valence-electron chi connectivity index (χ0n) is 10.7. The molecule has 0 saturated carbocycles. The van der Waals surface area contributed by atoms with Crippen molar-refractivity contribution in [3.05, 3.63) is 75.7 Å². The number of rotatable bonds is 2. The maximum Gasteiger partial charge on any atom is 0.258 e. The molecule has 1 heterocycles. The van der Waals surface area contributed by atoms with E-state index in [4.69, 9.17) is 17.3 Å². The summed E-state index contributed by atoms with van der Waals surface area (Å²) in [4.78, 5) is 12.4. The number of fused-ring (bicyclic) bond motifs is 1. The highest BCUT2D eigenvalue weighted by molar-refractivity contribution is 6.33. The minimum absolute atomic E-state index is 0.00313. The number of hydrogen-bond donors (Lipinski definition) is 1. The van der Waals surface area contributed by atoms with Gasteiger partial charge in [-0.15, -0.1) is 0 Å². The average molecular weight is 285 g/mol. The van der Waals surface area contributed by atoms with Crippen LogP contribution in [-0.4, -0.2) is 4.57 Å². The van der Waals surface area contributed by atoms with Crippen molar-refractivity contribution in [2.75, 3.05) is 5.73 Å². The molecule has 0 radical (unpaired) electrons. The number of anilines is 1. The first kappa shape index (κ1) is 12.8. The molecule has 0 spiro atoms. The van der Waals surface area contributed by atoms with E-state index in [-0.39, 0.29) is 5.56 Å². The normalized spacial score (nSPS) is 10.8. The van der Waals surface area contributed by atoms with E-state index in [1.807, 2.05) is 36.4 Å². The van der Waals surface area contributed by atoms with Crippen LogP contribution in [0.2, 0.25) is 5.02 Å². The topological polar surface area (TPSA) is 48.0 Å². The number of nitrogens with zero attached hydrogens (tertiary/aromatic N) is 1. The van der Waals surface area contributed by atoms with Gasteiger partial charge in [0, 0.05) is 11.6 Å². The van der Waals surface area contributed by atoms with Gasteiger partial charge in [0.05, 0.1) is 17.3 Å². The summed E-state index contributed by atoms with van der Waals surface area (Å²) in [5, 5.41) is 2.20. The maximum absolute atomic E-state index is 12.4. The summed E-state index contributed by atoms with van der Waals surface area (Å²) >= 11 is 5.90. The number of halogens is 1. The second kappa shape index (κ2) is 5.02. The van der Waals surface area contributed by atoms with Gasteiger partial charge in [0.2, 0.25) is 0 Å². The number of aromatic nitrogens is 1. The van der Waals surface area contributed by atoms with E-state index in [1.165, 1.54) is 0 Å². The van der Waals surface area contributed by atoms with Gasteiger partial charge in [-0.05, 0) is 35.2 Å². The lowest BCUT2D eigenvalue weighted by Gasteiger charge is -2.08. The minimum Gasteiger partial charge on any atom is -0.398 e. The number of pyridine rings is 1. The minimum atomic E-state index is -0.00313. The second-order valence-electron chi connectivity index (χ2n) is 4.69. The van der Waals surface area contributed by atoms with Crippen LogP contribution in [0.1, 0.15) is 5.56 Å². The van der Waals surface area contributed by atoms with E-state index in [0.717, 1.165) is 16.3 Å². The molecule has 0 saturated heterocycles. The Balaban J connectivity index is 2.04. The number of nitrogens with two attached hydrogens (primary N) is 1. The summed E-state index contributed by atoms with van der Waals surface area (Å²) in [6.45, 7) is 0.477. The average Bonchev–Trinajstić information content (AvgIpc) is 2.46. The van der Waals surface area contributed by atoms with Gasteiger partial charge in [-0.1, -0.05) is 35.9 Å². The standard InChI is InChI=1S/C16H13ClN2O/c17-14-6-5-11(9-15(14)18)10-19-8-7-12-3-1-2-4-13(12)16(19)20/h1-9H,10,18H2. The summed E-state index contributed by atoms with van der Waals surface area (Å²) in [6, 6.07) is 14.9. The second-order valence-corrected chi connectivity index (χ2v) is 5.10. The van der Waals surface area contributed by atoms with E-state index < -0.39 is 0 Å². The van der Waals surface area contributed by atoms with Crippen LogP contribution in [0, 0.1) is 0 Å². The first-order chi connectivity index (χ1) is 9.65. The molecule has 0 fully saturated rings. The van der Waals surface area contributed by atoms with Crippen LogP contribution in [0.4, 0.5) is 5.69 Å². The molecule has 0 bridgehead atoms. The van der Waals surface area contributed by atoms with Gasteiger partial charge >= 0.3 is 0 Å². The molecule has 3 aromatic rings. The van der Waals surface area contributed by atoms with Gasteiger partial charge in [0.15, 0.2) is 0 Å². The van der Waals surface area contributed by atoms with Crippen LogP contribution in [0.3, 0.4) is 0 Å². The molecule has 3 nitrogen and oxygen atoms in total. The fourth-order valence-corrected chi connectivity index (χ4v) is 2.36. The molecular formula is C16H13ClN2O. The lowest BCUT2D eigenvalue weighted by Crippen LogP contribution is -2.20. The summed E-state index contributed by atoms with van der Waals surface area (Å²) in [5.41, 5.74) is 7.25. The fourth-order valence-electron chi connectivity index (χ4n) is 2.24. The van der Waals surface area contributed by atoms with E-state index in [0.29, 0.717) is 17.3 Å². The molecule has 100 valence electrons. The molecule has 3 rings (SSSR count). The van der Waals surface area contributed by atoms with Crippen LogP contribution in [-0.2, 0) is 6.54 Å². The molecule has 0 atom stereocenters. The highest BCUT2D eigenvalue weighted by Gasteiger charge is 2.04.